The highest BCUT2D eigenvalue weighted by Crippen LogP contribution is 2.32. The number of ether oxygens (including phenoxy) is 1. The van der Waals surface area contributed by atoms with Gasteiger partial charge in [-0.1, -0.05) is 11.6 Å². The molecule has 0 bridgehead atoms. The molecule has 8 heteroatoms. The summed E-state index contributed by atoms with van der Waals surface area (Å²) in [7, 11) is 1.52. The minimum atomic E-state index is -0.317. The van der Waals surface area contributed by atoms with Crippen LogP contribution in [-0.4, -0.2) is 29.2 Å². The number of carbonyl (C=O) groups is 1. The number of aryl methyl sites for hydroxylation is 2. The first kappa shape index (κ1) is 19.3. The highest BCUT2D eigenvalue weighted by atomic mass is 35.5. The molecule has 2 aromatic heterocycles. The maximum atomic E-state index is 13.0. The lowest BCUT2D eigenvalue weighted by atomic mass is 10.1. The Balaban J connectivity index is 1.99. The van der Waals surface area contributed by atoms with Crippen LogP contribution in [0.15, 0.2) is 40.0 Å². The van der Waals surface area contributed by atoms with Gasteiger partial charge in [0.25, 0.3) is 5.91 Å². The Bertz CT molecular complexity index is 990. The minimum Gasteiger partial charge on any atom is -0.495 e. The lowest BCUT2D eigenvalue weighted by molar-refractivity contribution is 0.102. The number of hydrogen-bond donors (Lipinski definition) is 1. The van der Waals surface area contributed by atoms with Crippen LogP contribution in [0.4, 0.5) is 5.69 Å². The van der Waals surface area contributed by atoms with E-state index in [4.69, 9.17) is 20.8 Å². The molecule has 27 heavy (non-hydrogen) atoms. The fourth-order valence-electron chi connectivity index (χ4n) is 2.59. The fourth-order valence-corrected chi connectivity index (χ4v) is 3.36. The number of aromatic nitrogens is 2. The first-order chi connectivity index (χ1) is 12.9. The third-order valence-corrected chi connectivity index (χ3v) is 5.04. The van der Waals surface area contributed by atoms with Gasteiger partial charge in [0.1, 0.15) is 10.8 Å². The van der Waals surface area contributed by atoms with Crippen LogP contribution in [0.1, 0.15) is 21.6 Å². The molecule has 0 atom stereocenters. The van der Waals surface area contributed by atoms with Gasteiger partial charge in [-0.2, -0.15) is 0 Å². The first-order valence-electron chi connectivity index (χ1n) is 8.06. The van der Waals surface area contributed by atoms with Crippen molar-refractivity contribution in [1.82, 2.24) is 9.97 Å². The standard InChI is InChI=1S/C19H18ClN3O3S/c1-10-8-13(15(25-3)9-12(10)20)22-18(24)16-11(2)21-17(23-19(16)27-4)14-6-5-7-26-14/h5-9H,1-4H3,(H,22,24). The van der Waals surface area contributed by atoms with E-state index in [9.17, 15) is 4.79 Å². The Hall–Kier alpha value is -2.51. The summed E-state index contributed by atoms with van der Waals surface area (Å²) in [5.74, 6) is 1.16. The van der Waals surface area contributed by atoms with Gasteiger partial charge in [0.2, 0.25) is 0 Å². The zero-order chi connectivity index (χ0) is 19.6. The molecular weight excluding hydrogens is 386 g/mol. The number of benzene rings is 1. The number of halogens is 1. The molecule has 3 aromatic rings. The summed E-state index contributed by atoms with van der Waals surface area (Å²) in [4.78, 5) is 21.9. The van der Waals surface area contributed by atoms with Crippen molar-refractivity contribution in [2.24, 2.45) is 0 Å². The van der Waals surface area contributed by atoms with E-state index in [1.165, 1.54) is 18.9 Å². The number of anilines is 1. The van der Waals surface area contributed by atoms with Gasteiger partial charge in [0.05, 0.1) is 30.3 Å². The zero-order valence-electron chi connectivity index (χ0n) is 15.3. The minimum absolute atomic E-state index is 0.317. The van der Waals surface area contributed by atoms with Gasteiger partial charge >= 0.3 is 0 Å². The molecule has 0 spiro atoms. The molecule has 0 aliphatic heterocycles. The number of furan rings is 1. The van der Waals surface area contributed by atoms with Crippen LogP contribution < -0.4 is 10.1 Å². The van der Waals surface area contributed by atoms with Crippen LogP contribution in [-0.2, 0) is 0 Å². The molecule has 1 amide bonds. The molecule has 0 saturated carbocycles. The molecule has 0 aliphatic rings. The molecule has 6 nitrogen and oxygen atoms in total. The van der Waals surface area contributed by atoms with Gasteiger partial charge in [-0.3, -0.25) is 4.79 Å². The number of nitrogens with one attached hydrogen (secondary N) is 1. The molecule has 0 saturated heterocycles. The van der Waals surface area contributed by atoms with Crippen molar-refractivity contribution in [3.05, 3.63) is 52.4 Å². The van der Waals surface area contributed by atoms with Crippen LogP contribution in [0, 0.1) is 13.8 Å². The summed E-state index contributed by atoms with van der Waals surface area (Å²) in [5.41, 5.74) is 2.33. The average Bonchev–Trinajstić information content (AvgIpc) is 3.18. The van der Waals surface area contributed by atoms with E-state index in [1.807, 2.05) is 13.2 Å². The van der Waals surface area contributed by atoms with Crippen molar-refractivity contribution in [1.29, 1.82) is 0 Å². The van der Waals surface area contributed by atoms with Crippen LogP contribution in [0.5, 0.6) is 5.75 Å². The van der Waals surface area contributed by atoms with Gasteiger partial charge in [-0.25, -0.2) is 9.97 Å². The maximum Gasteiger partial charge on any atom is 0.260 e. The zero-order valence-corrected chi connectivity index (χ0v) is 16.9. The van der Waals surface area contributed by atoms with Gasteiger partial charge in [0.15, 0.2) is 11.6 Å². The number of nitrogens with zero attached hydrogens (tertiary/aromatic N) is 2. The third kappa shape index (κ3) is 3.94. The largest absolute Gasteiger partial charge is 0.495 e. The van der Waals surface area contributed by atoms with Crippen LogP contribution in [0.2, 0.25) is 5.02 Å². The number of hydrogen-bond acceptors (Lipinski definition) is 6. The Kier molecular flexibility index (Phi) is 5.72. The Morgan fingerprint density at radius 1 is 1.30 bits per heavy atom. The predicted octanol–water partition coefficient (Wildman–Crippen LogP) is 4.99. The highest BCUT2D eigenvalue weighted by molar-refractivity contribution is 7.98. The number of thioether (sulfide) groups is 1. The van der Waals surface area contributed by atoms with E-state index in [-0.39, 0.29) is 5.91 Å². The Morgan fingerprint density at radius 3 is 2.70 bits per heavy atom. The van der Waals surface area contributed by atoms with Gasteiger partial charge in [0, 0.05) is 11.1 Å². The topological polar surface area (TPSA) is 77.2 Å². The second-order valence-corrected chi connectivity index (χ2v) is 6.95. The van der Waals surface area contributed by atoms with Crippen LogP contribution in [0.25, 0.3) is 11.6 Å². The third-order valence-electron chi connectivity index (χ3n) is 3.95. The Morgan fingerprint density at radius 2 is 2.07 bits per heavy atom. The molecule has 0 aliphatic carbocycles. The number of methoxy groups -OCH3 is 1. The number of amides is 1. The highest BCUT2D eigenvalue weighted by Gasteiger charge is 2.21. The van der Waals surface area contributed by atoms with Crippen molar-refractivity contribution >= 4 is 35.0 Å². The van der Waals surface area contributed by atoms with E-state index in [0.717, 1.165) is 5.56 Å². The summed E-state index contributed by atoms with van der Waals surface area (Å²) in [6, 6.07) is 6.99. The molecule has 0 radical (unpaired) electrons. The van der Waals surface area contributed by atoms with E-state index in [2.05, 4.69) is 15.3 Å². The monoisotopic (exact) mass is 403 g/mol. The molecule has 140 valence electrons. The van der Waals surface area contributed by atoms with Gasteiger partial charge < -0.3 is 14.5 Å². The van der Waals surface area contributed by atoms with E-state index < -0.39 is 0 Å². The van der Waals surface area contributed by atoms with E-state index in [1.54, 1.807) is 37.5 Å². The van der Waals surface area contributed by atoms with Gasteiger partial charge in [-0.05, 0) is 43.9 Å². The predicted molar refractivity (Wildman–Crippen MR) is 107 cm³/mol. The fraction of sp³-hybridized carbons (Fsp3) is 0.211. The lowest BCUT2D eigenvalue weighted by Crippen LogP contribution is -2.17. The van der Waals surface area contributed by atoms with E-state index in [0.29, 0.717) is 44.3 Å². The Labute approximate surface area is 166 Å². The van der Waals surface area contributed by atoms with Crippen molar-refractivity contribution in [2.75, 3.05) is 18.7 Å². The normalized spacial score (nSPS) is 10.7. The van der Waals surface area contributed by atoms with Crippen LogP contribution in [0.3, 0.4) is 0 Å². The van der Waals surface area contributed by atoms with Gasteiger partial charge in [-0.15, -0.1) is 11.8 Å². The molecule has 3 rings (SSSR count). The molecule has 0 fully saturated rings. The molecular formula is C19H18ClN3O3S. The maximum absolute atomic E-state index is 13.0. The van der Waals surface area contributed by atoms with Crippen molar-refractivity contribution in [2.45, 2.75) is 18.9 Å². The summed E-state index contributed by atoms with van der Waals surface area (Å²) < 4.78 is 10.7. The second-order valence-electron chi connectivity index (χ2n) is 5.75. The number of carbonyl (C=O) groups excluding carboxylic acids is 1. The van der Waals surface area contributed by atoms with Crippen molar-refractivity contribution in [3.63, 3.8) is 0 Å². The van der Waals surface area contributed by atoms with Crippen molar-refractivity contribution < 1.29 is 13.9 Å². The number of rotatable bonds is 5. The van der Waals surface area contributed by atoms with E-state index >= 15 is 0 Å². The molecule has 1 aromatic carbocycles. The summed E-state index contributed by atoms with van der Waals surface area (Å²) >= 11 is 7.50. The summed E-state index contributed by atoms with van der Waals surface area (Å²) in [6.45, 7) is 3.63. The first-order valence-corrected chi connectivity index (χ1v) is 9.66. The average molecular weight is 404 g/mol. The SMILES string of the molecule is COc1cc(Cl)c(C)cc1NC(=O)c1c(C)nc(-c2ccco2)nc1SC. The second kappa shape index (κ2) is 8.02. The van der Waals surface area contributed by atoms with Crippen molar-refractivity contribution in [3.8, 4) is 17.3 Å². The molecule has 1 N–H and O–H groups in total. The quantitative estimate of drug-likeness (QED) is 0.477. The summed E-state index contributed by atoms with van der Waals surface area (Å²) in [6.07, 6.45) is 3.42. The summed E-state index contributed by atoms with van der Waals surface area (Å²) in [5, 5.41) is 4.01. The molecule has 0 unspecified atom stereocenters. The lowest BCUT2D eigenvalue weighted by Gasteiger charge is -2.14. The molecule has 2 heterocycles. The van der Waals surface area contributed by atoms with Crippen LogP contribution >= 0.6 is 23.4 Å². The smallest absolute Gasteiger partial charge is 0.260 e.